The van der Waals surface area contributed by atoms with Crippen LogP contribution in [0.25, 0.3) is 10.2 Å². The first kappa shape index (κ1) is 26.9. The van der Waals surface area contributed by atoms with E-state index < -0.39 is 21.9 Å². The Bertz CT molecular complexity index is 1680. The van der Waals surface area contributed by atoms with Crippen LogP contribution in [-0.4, -0.2) is 31.5 Å². The summed E-state index contributed by atoms with van der Waals surface area (Å²) in [5, 5.41) is 0.666. The second-order valence-electron chi connectivity index (χ2n) is 7.89. The Morgan fingerprint density at radius 2 is 1.78 bits per heavy atom. The molecule has 0 spiro atoms. The number of aromatic nitrogens is 1. The van der Waals surface area contributed by atoms with Gasteiger partial charge in [0, 0.05) is 5.02 Å². The van der Waals surface area contributed by atoms with Crippen LogP contribution in [-0.2, 0) is 26.1 Å². The summed E-state index contributed by atoms with van der Waals surface area (Å²) in [6.07, 6.45) is 0. The minimum absolute atomic E-state index is 0.0301. The van der Waals surface area contributed by atoms with Crippen LogP contribution in [0.4, 0.5) is 5.69 Å². The van der Waals surface area contributed by atoms with Crippen molar-refractivity contribution in [2.24, 2.45) is 4.99 Å². The lowest BCUT2D eigenvalue weighted by molar-refractivity contribution is -0.143. The molecular formula is C25H21Cl2N3O5S2. The number of carbonyl (C=O) groups is 2. The zero-order chi connectivity index (χ0) is 26.7. The molecule has 0 aliphatic carbocycles. The molecule has 0 aliphatic rings. The lowest BCUT2D eigenvalue weighted by Crippen LogP contribution is -2.23. The van der Waals surface area contributed by atoms with Crippen LogP contribution in [0.15, 0.2) is 70.6 Å². The number of anilines is 1. The van der Waals surface area contributed by atoms with Gasteiger partial charge in [0.2, 0.25) is 0 Å². The molecule has 0 fully saturated rings. The summed E-state index contributed by atoms with van der Waals surface area (Å²) in [4.78, 5) is 30.1. The van der Waals surface area contributed by atoms with E-state index in [1.165, 1.54) is 34.9 Å². The Morgan fingerprint density at radius 3 is 2.49 bits per heavy atom. The largest absolute Gasteiger partial charge is 0.465 e. The van der Waals surface area contributed by atoms with Gasteiger partial charge in [0.25, 0.3) is 15.9 Å². The average Bonchev–Trinajstić information content (AvgIpc) is 3.16. The van der Waals surface area contributed by atoms with E-state index in [-0.39, 0.29) is 39.1 Å². The van der Waals surface area contributed by atoms with Gasteiger partial charge in [-0.1, -0.05) is 64.4 Å². The summed E-state index contributed by atoms with van der Waals surface area (Å²) in [5.41, 5.74) is 1.48. The number of amides is 1. The van der Waals surface area contributed by atoms with Gasteiger partial charge >= 0.3 is 5.97 Å². The van der Waals surface area contributed by atoms with Gasteiger partial charge in [-0.05, 0) is 50.2 Å². The van der Waals surface area contributed by atoms with E-state index in [2.05, 4.69) is 9.71 Å². The molecule has 192 valence electrons. The van der Waals surface area contributed by atoms with Gasteiger partial charge < -0.3 is 9.30 Å². The fourth-order valence-electron chi connectivity index (χ4n) is 3.52. The first-order valence-electron chi connectivity index (χ1n) is 11.0. The molecule has 4 rings (SSSR count). The second kappa shape index (κ2) is 11.1. The number of hydrogen-bond donors (Lipinski definition) is 1. The van der Waals surface area contributed by atoms with Gasteiger partial charge in [0.05, 0.1) is 38.0 Å². The summed E-state index contributed by atoms with van der Waals surface area (Å²) < 4.78 is 35.5. The Balaban J connectivity index is 1.78. The predicted molar refractivity (Wildman–Crippen MR) is 145 cm³/mol. The number of carbonyl (C=O) groups excluding carboxylic acids is 2. The van der Waals surface area contributed by atoms with E-state index in [4.69, 9.17) is 27.9 Å². The van der Waals surface area contributed by atoms with E-state index in [0.717, 1.165) is 16.9 Å². The van der Waals surface area contributed by atoms with Crippen LogP contribution in [0.2, 0.25) is 10.0 Å². The first-order valence-corrected chi connectivity index (χ1v) is 14.1. The highest BCUT2D eigenvalue weighted by Crippen LogP contribution is 2.30. The molecule has 1 heterocycles. The Hall–Kier alpha value is -3.18. The molecule has 0 saturated heterocycles. The Labute approximate surface area is 227 Å². The van der Waals surface area contributed by atoms with Gasteiger partial charge in [-0.2, -0.15) is 4.99 Å². The van der Waals surface area contributed by atoms with E-state index in [1.54, 1.807) is 37.3 Å². The van der Waals surface area contributed by atoms with Crippen molar-refractivity contribution in [3.63, 3.8) is 0 Å². The van der Waals surface area contributed by atoms with Gasteiger partial charge in [0.15, 0.2) is 4.80 Å². The first-order chi connectivity index (χ1) is 17.6. The number of esters is 1. The van der Waals surface area contributed by atoms with E-state index in [9.17, 15) is 18.0 Å². The molecule has 0 atom stereocenters. The molecule has 0 bridgehead atoms. The third kappa shape index (κ3) is 6.04. The molecule has 0 aliphatic heterocycles. The van der Waals surface area contributed by atoms with Gasteiger partial charge in [-0.3, -0.25) is 14.3 Å². The molecule has 3 aromatic carbocycles. The summed E-state index contributed by atoms with van der Waals surface area (Å²) in [6, 6.07) is 15.7. The average molecular weight is 578 g/mol. The third-order valence-corrected chi connectivity index (χ3v) is 8.13. The highest BCUT2D eigenvalue weighted by atomic mass is 35.5. The number of fused-ring (bicyclic) bond motifs is 1. The van der Waals surface area contributed by atoms with Crippen molar-refractivity contribution in [1.82, 2.24) is 4.57 Å². The normalized spacial score (nSPS) is 12.1. The quantitative estimate of drug-likeness (QED) is 0.295. The molecule has 1 aromatic heterocycles. The van der Waals surface area contributed by atoms with Crippen molar-refractivity contribution >= 4 is 72.3 Å². The lowest BCUT2D eigenvalue weighted by Gasteiger charge is -2.11. The number of nitrogens with one attached hydrogen (secondary N) is 1. The van der Waals surface area contributed by atoms with Crippen LogP contribution >= 0.6 is 34.5 Å². The number of aryl methyl sites for hydroxylation is 1. The number of para-hydroxylation sites is 1. The Morgan fingerprint density at radius 1 is 1.08 bits per heavy atom. The lowest BCUT2D eigenvalue weighted by atomic mass is 10.2. The summed E-state index contributed by atoms with van der Waals surface area (Å²) >= 11 is 13.7. The molecule has 8 nitrogen and oxygen atoms in total. The maximum atomic E-state index is 13.3. The van der Waals surface area contributed by atoms with Crippen LogP contribution in [0.3, 0.4) is 0 Å². The molecular weight excluding hydrogens is 557 g/mol. The van der Waals surface area contributed by atoms with E-state index >= 15 is 0 Å². The number of benzene rings is 3. The van der Waals surface area contributed by atoms with Gasteiger partial charge in [0.1, 0.15) is 6.54 Å². The summed E-state index contributed by atoms with van der Waals surface area (Å²) in [5.74, 6) is -1.25. The topological polar surface area (TPSA) is 107 Å². The number of sulfonamides is 1. The van der Waals surface area contributed by atoms with Crippen LogP contribution in [0.1, 0.15) is 22.8 Å². The maximum absolute atomic E-state index is 13.3. The molecule has 1 amide bonds. The van der Waals surface area contributed by atoms with Crippen LogP contribution in [0.5, 0.6) is 0 Å². The predicted octanol–water partition coefficient (Wildman–Crippen LogP) is 5.42. The summed E-state index contributed by atoms with van der Waals surface area (Å²) in [7, 11) is -3.96. The van der Waals surface area contributed by atoms with Crippen molar-refractivity contribution in [3.8, 4) is 0 Å². The number of nitrogens with zero attached hydrogens (tertiary/aromatic N) is 2. The SMILES string of the molecule is CCOC(=O)Cn1c(=NC(=O)c2ccccc2NS(=O)(=O)c2ccc(C)cc2)sc2cc(Cl)cc(Cl)c21. The number of ether oxygens (including phenoxy) is 1. The minimum Gasteiger partial charge on any atom is -0.465 e. The van der Waals surface area contributed by atoms with Crippen molar-refractivity contribution in [1.29, 1.82) is 0 Å². The molecule has 4 aromatic rings. The fourth-order valence-corrected chi connectivity index (χ4v) is 6.41. The molecule has 0 saturated carbocycles. The zero-order valence-corrected chi connectivity index (χ0v) is 22.8. The van der Waals surface area contributed by atoms with Gasteiger partial charge in [-0.25, -0.2) is 8.42 Å². The summed E-state index contributed by atoms with van der Waals surface area (Å²) in [6.45, 7) is 3.48. The van der Waals surface area contributed by atoms with E-state index in [0.29, 0.717) is 15.2 Å². The van der Waals surface area contributed by atoms with Crippen molar-refractivity contribution in [3.05, 3.63) is 86.6 Å². The van der Waals surface area contributed by atoms with Crippen LogP contribution in [0, 0.1) is 6.92 Å². The van der Waals surface area contributed by atoms with E-state index in [1.807, 2.05) is 6.92 Å². The fraction of sp³-hybridized carbons (Fsp3) is 0.160. The monoisotopic (exact) mass is 577 g/mol. The number of halogens is 2. The van der Waals surface area contributed by atoms with Gasteiger partial charge in [-0.15, -0.1) is 0 Å². The molecule has 37 heavy (non-hydrogen) atoms. The molecule has 12 heteroatoms. The standard InChI is InChI=1S/C25H21Cl2N3O5S2/c1-3-35-22(31)14-30-23-19(27)12-16(26)13-21(23)36-25(30)28-24(32)18-6-4-5-7-20(18)29-37(33,34)17-10-8-15(2)9-11-17/h4-13,29H,3,14H2,1-2H3. The molecule has 0 unspecified atom stereocenters. The zero-order valence-electron chi connectivity index (χ0n) is 19.7. The molecule has 0 radical (unpaired) electrons. The third-order valence-electron chi connectivity index (χ3n) is 5.22. The van der Waals surface area contributed by atoms with Crippen molar-refractivity contribution in [2.45, 2.75) is 25.3 Å². The molecule has 1 N–H and O–H groups in total. The Kier molecular flexibility index (Phi) is 8.03. The highest BCUT2D eigenvalue weighted by molar-refractivity contribution is 7.92. The smallest absolute Gasteiger partial charge is 0.326 e. The number of thiazole rings is 1. The maximum Gasteiger partial charge on any atom is 0.326 e. The minimum atomic E-state index is -3.96. The van der Waals surface area contributed by atoms with Crippen molar-refractivity contribution in [2.75, 3.05) is 11.3 Å². The second-order valence-corrected chi connectivity index (χ2v) is 11.4. The number of hydrogen-bond acceptors (Lipinski definition) is 6. The number of rotatable bonds is 7. The van der Waals surface area contributed by atoms with Crippen molar-refractivity contribution < 1.29 is 22.7 Å². The highest BCUT2D eigenvalue weighted by Gasteiger charge is 2.20. The van der Waals surface area contributed by atoms with Crippen LogP contribution < -0.4 is 9.52 Å².